The molecule has 2 atom stereocenters. The number of rotatable bonds is 8. The van der Waals surface area contributed by atoms with Crippen LogP contribution in [0.1, 0.15) is 60.0 Å². The Morgan fingerprint density at radius 3 is 2.44 bits per heavy atom. The molecule has 3 aromatic heterocycles. The highest BCUT2D eigenvalue weighted by Crippen LogP contribution is 2.48. The first kappa shape index (κ1) is 34.0. The Balaban J connectivity index is 0.000000168. The van der Waals surface area contributed by atoms with E-state index < -0.39 is 0 Å². The first-order valence-electron chi connectivity index (χ1n) is 16.6. The number of hydrogen-bond acceptors (Lipinski definition) is 9. The van der Waals surface area contributed by atoms with Gasteiger partial charge in [0.15, 0.2) is 5.78 Å². The number of fused-ring (bicyclic) bond motifs is 1. The zero-order valence-corrected chi connectivity index (χ0v) is 29.9. The molecule has 7 rings (SSSR count). The van der Waals surface area contributed by atoms with Gasteiger partial charge in [-0.25, -0.2) is 15.0 Å². The van der Waals surface area contributed by atoms with Gasteiger partial charge in [-0.2, -0.15) is 5.10 Å². The Kier molecular flexibility index (Phi) is 9.87. The van der Waals surface area contributed by atoms with Gasteiger partial charge < -0.3 is 15.0 Å². The van der Waals surface area contributed by atoms with Crippen molar-refractivity contribution in [2.45, 2.75) is 66.0 Å². The highest BCUT2D eigenvalue weighted by Gasteiger charge is 2.48. The van der Waals surface area contributed by atoms with Gasteiger partial charge >= 0.3 is 0 Å². The third-order valence-electron chi connectivity index (χ3n) is 10.0. The van der Waals surface area contributed by atoms with Crippen LogP contribution in [0.25, 0.3) is 22.0 Å². The molecule has 1 saturated carbocycles. The Hall–Kier alpha value is -3.87. The van der Waals surface area contributed by atoms with E-state index in [4.69, 9.17) is 0 Å². The van der Waals surface area contributed by atoms with Crippen LogP contribution in [-0.4, -0.2) is 91.8 Å². The summed E-state index contributed by atoms with van der Waals surface area (Å²) in [5, 5.41) is 8.06. The molecule has 1 aromatic carbocycles. The lowest BCUT2D eigenvalue weighted by Crippen LogP contribution is -2.60. The Morgan fingerprint density at radius 2 is 1.79 bits per heavy atom. The van der Waals surface area contributed by atoms with Crippen LogP contribution in [0, 0.1) is 32.1 Å². The van der Waals surface area contributed by atoms with E-state index in [1.807, 2.05) is 45.0 Å². The number of ketones is 1. The van der Waals surface area contributed by atoms with E-state index in [9.17, 15) is 14.4 Å². The molecule has 1 amide bonds. The summed E-state index contributed by atoms with van der Waals surface area (Å²) in [6, 6.07) is 7.70. The number of likely N-dealkylation sites (tertiary alicyclic amines) is 2. The topological polar surface area (TPSA) is 126 Å². The number of carbonyl (C=O) groups excluding carboxylic acids is 3. The minimum absolute atomic E-state index is 0.0517. The van der Waals surface area contributed by atoms with Crippen LogP contribution in [0.5, 0.6) is 0 Å². The van der Waals surface area contributed by atoms with Gasteiger partial charge in [0.05, 0.1) is 18.1 Å². The number of aromatic nitrogens is 5. The number of Topliss-reactive ketones (excluding diaryl/α,β-unsaturated/α-hetero) is 1. The molecule has 0 bridgehead atoms. The van der Waals surface area contributed by atoms with Gasteiger partial charge in [0.25, 0.3) is 0 Å². The number of halogens is 1. The fraction of sp³-hybridized carbons (Fsp3) is 0.472. The average Bonchev–Trinajstić information content (AvgIpc) is 3.57. The molecule has 12 heteroatoms. The predicted molar refractivity (Wildman–Crippen MR) is 189 cm³/mol. The molecule has 1 spiro atoms. The van der Waals surface area contributed by atoms with Crippen molar-refractivity contribution < 1.29 is 14.4 Å². The van der Waals surface area contributed by atoms with Gasteiger partial charge in [-0.05, 0) is 109 Å². The van der Waals surface area contributed by atoms with Gasteiger partial charge in [-0.15, -0.1) is 0 Å². The standard InChI is InChI=1S/C19H27BrN4O.C17H16N4O2/c1-13-4-5-16(20)21-17(13)22-18(25)15-8-14(9-23(15)2)10-24-11-19(12-24)6-3-7-19;1-10-6-13(14-8-18-12(3)19-9-14)7-15-16(11(2)23)20-21(4-5-22)17(10)15/h4-5,14-15H,3,6-12H2,1-2H3,(H,21,22,25);5-9H,4H2,1-3H3. The molecule has 0 radical (unpaired) electrons. The Morgan fingerprint density at radius 1 is 1.06 bits per heavy atom. The first-order chi connectivity index (χ1) is 22.9. The highest BCUT2D eigenvalue weighted by atomic mass is 79.9. The van der Waals surface area contributed by atoms with Crippen molar-refractivity contribution in [3.05, 3.63) is 63.9 Å². The van der Waals surface area contributed by atoms with Crippen LogP contribution in [0.15, 0.2) is 41.3 Å². The molecule has 1 N–H and O–H groups in total. The van der Waals surface area contributed by atoms with Crippen molar-refractivity contribution in [1.82, 2.24) is 34.5 Å². The quantitative estimate of drug-likeness (QED) is 0.145. The zero-order valence-electron chi connectivity index (χ0n) is 28.3. The number of aldehydes is 1. The van der Waals surface area contributed by atoms with Crippen LogP contribution >= 0.6 is 15.9 Å². The maximum Gasteiger partial charge on any atom is 0.242 e. The van der Waals surface area contributed by atoms with Gasteiger partial charge in [0.1, 0.15) is 28.2 Å². The summed E-state index contributed by atoms with van der Waals surface area (Å²) in [7, 11) is 2.06. The number of hydrogen-bond donors (Lipinski definition) is 1. The van der Waals surface area contributed by atoms with E-state index in [1.54, 1.807) is 17.1 Å². The number of carbonyl (C=O) groups is 3. The normalized spacial score (nSPS) is 20.1. The van der Waals surface area contributed by atoms with Crippen LogP contribution in [-0.2, 0) is 16.1 Å². The average molecular weight is 716 g/mol. The molecule has 2 aliphatic heterocycles. The number of nitrogens with one attached hydrogen (secondary N) is 1. The van der Waals surface area contributed by atoms with E-state index in [1.165, 1.54) is 39.3 Å². The van der Waals surface area contributed by atoms with Gasteiger partial charge in [0, 0.05) is 56.4 Å². The molecule has 11 nitrogen and oxygen atoms in total. The maximum absolute atomic E-state index is 12.7. The summed E-state index contributed by atoms with van der Waals surface area (Å²) in [4.78, 5) is 53.1. The van der Waals surface area contributed by atoms with E-state index in [0.717, 1.165) is 63.6 Å². The molecule has 5 heterocycles. The summed E-state index contributed by atoms with van der Waals surface area (Å²) in [5.74, 6) is 1.89. The van der Waals surface area contributed by atoms with E-state index in [-0.39, 0.29) is 24.3 Å². The molecule has 4 aromatic rings. The molecule has 1 aliphatic carbocycles. The summed E-state index contributed by atoms with van der Waals surface area (Å²) in [6.07, 6.45) is 9.51. The molecule has 2 unspecified atom stereocenters. The molecule has 3 fully saturated rings. The SMILES string of the molecule is CC(=O)c1nn(CC=O)c2c(C)cc(-c3cnc(C)nc3)cc12.Cc1ccc(Br)nc1NC(=O)C1CC(CN2CC3(CCC3)C2)CN1C. The van der Waals surface area contributed by atoms with Crippen molar-refractivity contribution in [3.63, 3.8) is 0 Å². The Bertz CT molecular complexity index is 1840. The minimum Gasteiger partial charge on any atom is -0.309 e. The summed E-state index contributed by atoms with van der Waals surface area (Å²) >= 11 is 3.37. The predicted octanol–water partition coefficient (Wildman–Crippen LogP) is 5.41. The summed E-state index contributed by atoms with van der Waals surface area (Å²) < 4.78 is 2.32. The molecular formula is C36H43BrN8O3. The lowest BCUT2D eigenvalue weighted by molar-refractivity contribution is -0.120. The number of aryl methyl sites for hydroxylation is 3. The smallest absolute Gasteiger partial charge is 0.242 e. The number of benzene rings is 1. The Labute approximate surface area is 289 Å². The van der Waals surface area contributed by atoms with Crippen LogP contribution in [0.2, 0.25) is 0 Å². The molecule has 2 saturated heterocycles. The zero-order chi connectivity index (χ0) is 34.2. The second-order valence-corrected chi connectivity index (χ2v) is 14.6. The van der Waals surface area contributed by atoms with Crippen LogP contribution in [0.4, 0.5) is 5.82 Å². The third kappa shape index (κ3) is 7.11. The second-order valence-electron chi connectivity index (χ2n) is 13.8. The number of nitrogens with zero attached hydrogens (tertiary/aromatic N) is 7. The van der Waals surface area contributed by atoms with Gasteiger partial charge in [-0.3, -0.25) is 19.2 Å². The van der Waals surface area contributed by atoms with Crippen molar-refractivity contribution >= 4 is 50.6 Å². The van der Waals surface area contributed by atoms with Gasteiger partial charge in [0.2, 0.25) is 5.91 Å². The number of likely N-dealkylation sites (N-methyl/N-ethyl adjacent to an activating group) is 1. The molecule has 3 aliphatic rings. The summed E-state index contributed by atoms with van der Waals surface area (Å²) in [5.41, 5.74) is 5.59. The largest absolute Gasteiger partial charge is 0.309 e. The van der Waals surface area contributed by atoms with Gasteiger partial charge in [-0.1, -0.05) is 12.5 Å². The highest BCUT2D eigenvalue weighted by molar-refractivity contribution is 9.10. The number of amides is 1. The maximum atomic E-state index is 12.7. The fourth-order valence-electron chi connectivity index (χ4n) is 7.46. The van der Waals surface area contributed by atoms with Crippen LogP contribution < -0.4 is 5.32 Å². The fourth-order valence-corrected chi connectivity index (χ4v) is 7.77. The van der Waals surface area contributed by atoms with Crippen molar-refractivity contribution in [2.24, 2.45) is 11.3 Å². The van der Waals surface area contributed by atoms with Crippen molar-refractivity contribution in [1.29, 1.82) is 0 Å². The van der Waals surface area contributed by atoms with Crippen LogP contribution in [0.3, 0.4) is 0 Å². The lowest BCUT2D eigenvalue weighted by atomic mass is 9.63. The first-order valence-corrected chi connectivity index (χ1v) is 17.4. The summed E-state index contributed by atoms with van der Waals surface area (Å²) in [6.45, 7) is 12.0. The van der Waals surface area contributed by atoms with E-state index in [2.05, 4.69) is 58.1 Å². The number of anilines is 1. The lowest BCUT2D eigenvalue weighted by Gasteiger charge is -2.56. The monoisotopic (exact) mass is 714 g/mol. The molecule has 252 valence electrons. The molecule has 48 heavy (non-hydrogen) atoms. The molecular weight excluding hydrogens is 672 g/mol. The van der Waals surface area contributed by atoms with Crippen molar-refractivity contribution in [3.8, 4) is 11.1 Å². The van der Waals surface area contributed by atoms with E-state index in [0.29, 0.717) is 28.7 Å². The minimum atomic E-state index is -0.128. The second kappa shape index (κ2) is 13.9. The third-order valence-corrected chi connectivity index (χ3v) is 10.5. The van der Waals surface area contributed by atoms with E-state index >= 15 is 0 Å². The number of pyridine rings is 1. The van der Waals surface area contributed by atoms with Crippen molar-refractivity contribution in [2.75, 3.05) is 38.5 Å².